The van der Waals surface area contributed by atoms with Gasteiger partial charge >= 0.3 is 5.97 Å². The number of hydrogen-bond donors (Lipinski definition) is 2. The summed E-state index contributed by atoms with van der Waals surface area (Å²) in [5, 5.41) is 14.5. The van der Waals surface area contributed by atoms with Gasteiger partial charge in [0.05, 0.1) is 12.2 Å². The van der Waals surface area contributed by atoms with Crippen molar-refractivity contribution in [3.8, 4) is 0 Å². The summed E-state index contributed by atoms with van der Waals surface area (Å²) >= 11 is 6.10. The van der Waals surface area contributed by atoms with Gasteiger partial charge in [-0.25, -0.2) is 4.90 Å². The van der Waals surface area contributed by atoms with E-state index in [1.54, 1.807) is 36.4 Å². The van der Waals surface area contributed by atoms with E-state index in [9.17, 15) is 14.4 Å². The lowest BCUT2D eigenvalue weighted by atomic mass is 9.92. The van der Waals surface area contributed by atoms with E-state index in [1.807, 2.05) is 23.1 Å². The van der Waals surface area contributed by atoms with E-state index in [1.165, 1.54) is 4.90 Å². The van der Waals surface area contributed by atoms with Crippen molar-refractivity contribution < 1.29 is 19.5 Å². The van der Waals surface area contributed by atoms with E-state index in [0.717, 1.165) is 23.9 Å². The Hall–Kier alpha value is -3.42. The topological polar surface area (TPSA) is 89.9 Å². The van der Waals surface area contributed by atoms with Gasteiger partial charge < -0.3 is 10.4 Å². The number of hydrogen-bond acceptors (Lipinski definition) is 5. The molecule has 0 radical (unpaired) electrons. The lowest BCUT2D eigenvalue weighted by Crippen LogP contribution is -2.41. The van der Waals surface area contributed by atoms with Crippen LogP contribution in [0.2, 0.25) is 5.02 Å². The molecule has 0 spiro atoms. The molecule has 0 atom stereocenters. The second kappa shape index (κ2) is 8.50. The molecule has 2 aliphatic heterocycles. The molecular weight excluding hydrogens is 442 g/mol. The number of benzene rings is 3. The molecule has 2 heterocycles. The molecule has 2 N–H and O–H groups in total. The van der Waals surface area contributed by atoms with Crippen molar-refractivity contribution in [1.29, 1.82) is 0 Å². The fourth-order valence-electron chi connectivity index (χ4n) is 4.72. The fraction of sp³-hybridized carbons (Fsp3) is 0.240. The van der Waals surface area contributed by atoms with Crippen molar-refractivity contribution in [2.24, 2.45) is 0 Å². The monoisotopic (exact) mass is 463 g/mol. The highest BCUT2D eigenvalue weighted by Crippen LogP contribution is 2.37. The van der Waals surface area contributed by atoms with Gasteiger partial charge in [0.15, 0.2) is 0 Å². The van der Waals surface area contributed by atoms with Crippen LogP contribution in [0.1, 0.15) is 33.6 Å². The zero-order chi connectivity index (χ0) is 23.1. The van der Waals surface area contributed by atoms with E-state index < -0.39 is 5.97 Å². The van der Waals surface area contributed by atoms with Crippen LogP contribution in [0.15, 0.2) is 54.6 Å². The average Bonchev–Trinajstić information content (AvgIpc) is 2.79. The SMILES string of the molecule is O=C(O)CN1CCC(Nc2ccc3c4c(cccc24)C(=O)N(c2cccc(Cl)c2)C3=O)CC1. The maximum absolute atomic E-state index is 13.3. The number of imide groups is 1. The van der Waals surface area contributed by atoms with Gasteiger partial charge in [0, 0.05) is 51.7 Å². The first kappa shape index (κ1) is 21.4. The smallest absolute Gasteiger partial charge is 0.317 e. The summed E-state index contributed by atoms with van der Waals surface area (Å²) in [5.41, 5.74) is 2.25. The Bertz CT molecular complexity index is 1260. The number of carbonyl (C=O) groups is 3. The number of halogens is 1. The average molecular weight is 464 g/mol. The Morgan fingerprint density at radius 1 is 1.00 bits per heavy atom. The third kappa shape index (κ3) is 3.94. The quantitative estimate of drug-likeness (QED) is 0.550. The summed E-state index contributed by atoms with van der Waals surface area (Å²) in [6, 6.07) is 16.0. The van der Waals surface area contributed by atoms with Crippen molar-refractivity contribution in [2.75, 3.05) is 29.9 Å². The summed E-state index contributed by atoms with van der Waals surface area (Å²) in [6.07, 6.45) is 1.63. The van der Waals surface area contributed by atoms with Crippen LogP contribution in [-0.2, 0) is 4.79 Å². The minimum atomic E-state index is -0.814. The van der Waals surface area contributed by atoms with Crippen LogP contribution >= 0.6 is 11.6 Å². The maximum atomic E-state index is 13.3. The minimum absolute atomic E-state index is 0.0566. The first-order valence-electron chi connectivity index (χ1n) is 10.8. The van der Waals surface area contributed by atoms with E-state index in [-0.39, 0.29) is 24.4 Å². The molecular formula is C25H22ClN3O4. The minimum Gasteiger partial charge on any atom is -0.480 e. The molecule has 0 saturated carbocycles. The van der Waals surface area contributed by atoms with E-state index in [4.69, 9.17) is 16.7 Å². The van der Waals surface area contributed by atoms with Crippen molar-refractivity contribution in [1.82, 2.24) is 4.90 Å². The molecule has 2 amide bonds. The molecule has 3 aromatic rings. The maximum Gasteiger partial charge on any atom is 0.317 e. The van der Waals surface area contributed by atoms with Crippen LogP contribution < -0.4 is 10.2 Å². The third-order valence-corrected chi connectivity index (χ3v) is 6.52. The number of rotatable bonds is 5. The van der Waals surface area contributed by atoms with Crippen LogP contribution in [0.4, 0.5) is 11.4 Å². The first-order valence-corrected chi connectivity index (χ1v) is 11.2. The lowest BCUT2D eigenvalue weighted by Gasteiger charge is -2.32. The number of aliphatic carboxylic acids is 1. The first-order chi connectivity index (χ1) is 15.9. The standard InChI is InChI=1S/C25H22ClN3O4/c26-15-3-1-4-17(13-15)29-24(32)19-6-2-5-18-21(8-7-20(23(18)19)25(29)33)27-16-9-11-28(12-10-16)14-22(30)31/h1-8,13,16,27H,9-12,14H2,(H,30,31). The van der Waals surface area contributed by atoms with Gasteiger partial charge in [0.1, 0.15) is 0 Å². The summed E-state index contributed by atoms with van der Waals surface area (Å²) in [4.78, 5) is 40.7. The van der Waals surface area contributed by atoms with Crippen LogP contribution in [-0.4, -0.2) is 53.5 Å². The van der Waals surface area contributed by atoms with Gasteiger partial charge in [0.2, 0.25) is 0 Å². The van der Waals surface area contributed by atoms with Crippen molar-refractivity contribution in [3.63, 3.8) is 0 Å². The molecule has 0 aliphatic carbocycles. The largest absolute Gasteiger partial charge is 0.480 e. The molecule has 8 heteroatoms. The van der Waals surface area contributed by atoms with Gasteiger partial charge in [-0.15, -0.1) is 0 Å². The van der Waals surface area contributed by atoms with Gasteiger partial charge in [-0.05, 0) is 49.2 Å². The summed E-state index contributed by atoms with van der Waals surface area (Å²) in [6.45, 7) is 1.47. The Kier molecular flexibility index (Phi) is 5.52. The van der Waals surface area contributed by atoms with Crippen LogP contribution in [0.3, 0.4) is 0 Å². The molecule has 1 fully saturated rings. The second-order valence-electron chi connectivity index (χ2n) is 8.40. The Labute approximate surface area is 195 Å². The predicted molar refractivity (Wildman–Crippen MR) is 127 cm³/mol. The number of carboxylic acids is 1. The summed E-state index contributed by atoms with van der Waals surface area (Å²) < 4.78 is 0. The van der Waals surface area contributed by atoms with Crippen molar-refractivity contribution in [2.45, 2.75) is 18.9 Å². The highest BCUT2D eigenvalue weighted by Gasteiger charge is 2.34. The molecule has 33 heavy (non-hydrogen) atoms. The van der Waals surface area contributed by atoms with Gasteiger partial charge in [-0.1, -0.05) is 29.8 Å². The molecule has 2 aliphatic rings. The number of piperidine rings is 1. The normalized spacial score (nSPS) is 16.9. The lowest BCUT2D eigenvalue weighted by molar-refractivity contribution is -0.138. The summed E-state index contributed by atoms with van der Waals surface area (Å²) in [7, 11) is 0. The Morgan fingerprint density at radius 3 is 2.39 bits per heavy atom. The predicted octanol–water partition coefficient (Wildman–Crippen LogP) is 4.25. The molecule has 168 valence electrons. The molecule has 3 aromatic carbocycles. The zero-order valence-corrected chi connectivity index (χ0v) is 18.5. The fourth-order valence-corrected chi connectivity index (χ4v) is 4.90. The van der Waals surface area contributed by atoms with Crippen molar-refractivity contribution in [3.05, 3.63) is 70.7 Å². The van der Waals surface area contributed by atoms with E-state index in [2.05, 4.69) is 5.32 Å². The number of amides is 2. The zero-order valence-electron chi connectivity index (χ0n) is 17.8. The number of likely N-dealkylation sites (tertiary alicyclic amines) is 1. The number of nitrogens with one attached hydrogen (secondary N) is 1. The van der Waals surface area contributed by atoms with E-state index >= 15 is 0 Å². The van der Waals surface area contributed by atoms with Crippen LogP contribution in [0, 0.1) is 0 Å². The molecule has 0 bridgehead atoms. The van der Waals surface area contributed by atoms with Gasteiger partial charge in [-0.3, -0.25) is 19.3 Å². The van der Waals surface area contributed by atoms with Crippen LogP contribution in [0.5, 0.6) is 0 Å². The van der Waals surface area contributed by atoms with Crippen molar-refractivity contribution >= 4 is 51.5 Å². The van der Waals surface area contributed by atoms with Gasteiger partial charge in [0.25, 0.3) is 11.8 Å². The number of carboxylic acid groups (broad SMARTS) is 1. The summed E-state index contributed by atoms with van der Waals surface area (Å²) in [5.74, 6) is -1.56. The van der Waals surface area contributed by atoms with E-state index in [0.29, 0.717) is 40.3 Å². The second-order valence-corrected chi connectivity index (χ2v) is 8.84. The number of carbonyl (C=O) groups excluding carboxylic acids is 2. The molecule has 0 unspecified atom stereocenters. The Balaban J connectivity index is 1.46. The highest BCUT2D eigenvalue weighted by molar-refractivity contribution is 6.37. The van der Waals surface area contributed by atoms with Crippen LogP contribution in [0.25, 0.3) is 10.8 Å². The molecule has 1 saturated heterocycles. The number of anilines is 2. The third-order valence-electron chi connectivity index (χ3n) is 6.28. The highest BCUT2D eigenvalue weighted by atomic mass is 35.5. The van der Waals surface area contributed by atoms with Gasteiger partial charge in [-0.2, -0.15) is 0 Å². The Morgan fingerprint density at radius 2 is 1.70 bits per heavy atom. The molecule has 0 aromatic heterocycles. The molecule has 7 nitrogen and oxygen atoms in total. The molecule has 5 rings (SSSR count). The number of nitrogens with zero attached hydrogens (tertiary/aromatic N) is 2.